The summed E-state index contributed by atoms with van der Waals surface area (Å²) in [6, 6.07) is 8.76. The molecule has 21 heavy (non-hydrogen) atoms. The molecule has 4 heteroatoms. The molecule has 0 aromatic heterocycles. The molecule has 1 heterocycles. The first-order valence-electron chi connectivity index (χ1n) is 8.04. The van der Waals surface area contributed by atoms with Crippen molar-refractivity contribution >= 4 is 11.7 Å². The van der Waals surface area contributed by atoms with E-state index in [-0.39, 0.29) is 6.03 Å². The molecule has 1 aromatic carbocycles. The van der Waals surface area contributed by atoms with Crippen LogP contribution in [0.4, 0.5) is 10.5 Å². The van der Waals surface area contributed by atoms with Crippen LogP contribution >= 0.6 is 0 Å². The van der Waals surface area contributed by atoms with Crippen LogP contribution in [0.2, 0.25) is 0 Å². The van der Waals surface area contributed by atoms with Gasteiger partial charge in [0.2, 0.25) is 0 Å². The van der Waals surface area contributed by atoms with Gasteiger partial charge in [-0.25, -0.2) is 4.79 Å². The number of carbonyl (C=O) groups excluding carboxylic acids is 1. The fraction of sp³-hybridized carbons (Fsp3) is 0.588. The summed E-state index contributed by atoms with van der Waals surface area (Å²) in [5, 5.41) is 3.62. The van der Waals surface area contributed by atoms with Crippen LogP contribution in [0.15, 0.2) is 24.3 Å². The summed E-state index contributed by atoms with van der Waals surface area (Å²) in [7, 11) is 1.86. The summed E-state index contributed by atoms with van der Waals surface area (Å²) in [6.07, 6.45) is 3.23. The molecule has 0 spiro atoms. The number of anilines is 1. The summed E-state index contributed by atoms with van der Waals surface area (Å²) in [5.74, 6) is 0. The van der Waals surface area contributed by atoms with E-state index in [2.05, 4.69) is 30.4 Å². The van der Waals surface area contributed by atoms with Crippen molar-refractivity contribution < 1.29 is 4.79 Å². The average molecular weight is 289 g/mol. The van der Waals surface area contributed by atoms with Gasteiger partial charge in [0, 0.05) is 26.2 Å². The molecule has 1 aromatic rings. The standard InChI is InChI=1S/C17H27N3O/c1-4-12-18-15-10-8-13-20(17(21)19(3)5-2)16-11-7-6-9-14(15)16/h6-7,9,11,15,18H,4-5,8,10,12-13H2,1-3H3. The number of benzene rings is 1. The summed E-state index contributed by atoms with van der Waals surface area (Å²) < 4.78 is 0. The Morgan fingerprint density at radius 3 is 2.86 bits per heavy atom. The number of rotatable bonds is 4. The molecule has 1 aliphatic heterocycles. The molecular formula is C17H27N3O. The van der Waals surface area contributed by atoms with Gasteiger partial charge in [0.05, 0.1) is 5.69 Å². The third-order valence-corrected chi connectivity index (χ3v) is 4.15. The third kappa shape index (κ3) is 3.56. The van der Waals surface area contributed by atoms with E-state index in [4.69, 9.17) is 0 Å². The minimum Gasteiger partial charge on any atom is -0.328 e. The molecule has 4 nitrogen and oxygen atoms in total. The van der Waals surface area contributed by atoms with Crippen LogP contribution in [0.5, 0.6) is 0 Å². The van der Waals surface area contributed by atoms with E-state index in [1.165, 1.54) is 5.56 Å². The van der Waals surface area contributed by atoms with Crippen molar-refractivity contribution in [1.82, 2.24) is 10.2 Å². The molecule has 116 valence electrons. The first-order chi connectivity index (χ1) is 10.2. The van der Waals surface area contributed by atoms with Gasteiger partial charge in [0.25, 0.3) is 0 Å². The Morgan fingerprint density at radius 1 is 1.38 bits per heavy atom. The Bertz CT molecular complexity index is 475. The maximum absolute atomic E-state index is 12.6. The number of nitrogens with one attached hydrogen (secondary N) is 1. The van der Waals surface area contributed by atoms with Gasteiger partial charge in [-0.15, -0.1) is 0 Å². The second kappa shape index (κ2) is 7.46. The Kier molecular flexibility index (Phi) is 5.62. The second-order valence-corrected chi connectivity index (χ2v) is 5.66. The van der Waals surface area contributed by atoms with E-state index in [0.717, 1.165) is 44.6 Å². The van der Waals surface area contributed by atoms with Crippen LogP contribution in [0.25, 0.3) is 0 Å². The number of amides is 2. The predicted molar refractivity (Wildman–Crippen MR) is 87.8 cm³/mol. The smallest absolute Gasteiger partial charge is 0.324 e. The molecule has 1 N–H and O–H groups in total. The molecule has 0 radical (unpaired) electrons. The lowest BCUT2D eigenvalue weighted by molar-refractivity contribution is 0.217. The Hall–Kier alpha value is -1.55. The van der Waals surface area contributed by atoms with Gasteiger partial charge in [-0.3, -0.25) is 4.90 Å². The monoisotopic (exact) mass is 289 g/mol. The lowest BCUT2D eigenvalue weighted by atomic mass is 10.0. The molecule has 2 rings (SSSR count). The van der Waals surface area contributed by atoms with E-state index in [9.17, 15) is 4.79 Å². The summed E-state index contributed by atoms with van der Waals surface area (Å²) in [6.45, 7) is 6.73. The van der Waals surface area contributed by atoms with Crippen molar-refractivity contribution in [1.29, 1.82) is 0 Å². The SMILES string of the molecule is CCCNC1CCCN(C(=O)N(C)CC)c2ccccc21. The van der Waals surface area contributed by atoms with Crippen molar-refractivity contribution in [2.45, 2.75) is 39.2 Å². The van der Waals surface area contributed by atoms with Crippen LogP contribution in [0, 0.1) is 0 Å². The fourth-order valence-corrected chi connectivity index (χ4v) is 2.83. The van der Waals surface area contributed by atoms with E-state index in [1.807, 2.05) is 24.9 Å². The maximum Gasteiger partial charge on any atom is 0.324 e. The number of nitrogens with zero attached hydrogens (tertiary/aromatic N) is 2. The fourth-order valence-electron chi connectivity index (χ4n) is 2.83. The minimum atomic E-state index is 0.0982. The number of carbonyl (C=O) groups is 1. The number of hydrogen-bond acceptors (Lipinski definition) is 2. The Balaban J connectivity index is 2.30. The quantitative estimate of drug-likeness (QED) is 0.922. The zero-order chi connectivity index (χ0) is 15.2. The van der Waals surface area contributed by atoms with Gasteiger partial charge >= 0.3 is 6.03 Å². The highest BCUT2D eigenvalue weighted by Crippen LogP contribution is 2.33. The second-order valence-electron chi connectivity index (χ2n) is 5.66. The van der Waals surface area contributed by atoms with E-state index < -0.39 is 0 Å². The maximum atomic E-state index is 12.6. The van der Waals surface area contributed by atoms with Crippen molar-refractivity contribution in [3.63, 3.8) is 0 Å². The predicted octanol–water partition coefficient (Wildman–Crippen LogP) is 3.40. The van der Waals surface area contributed by atoms with Crippen molar-refractivity contribution in [2.24, 2.45) is 0 Å². The van der Waals surface area contributed by atoms with Crippen LogP contribution in [-0.4, -0.2) is 37.6 Å². The molecule has 1 unspecified atom stereocenters. The zero-order valence-corrected chi connectivity index (χ0v) is 13.4. The highest BCUT2D eigenvalue weighted by Gasteiger charge is 2.27. The van der Waals surface area contributed by atoms with E-state index >= 15 is 0 Å². The largest absolute Gasteiger partial charge is 0.328 e. The summed E-state index contributed by atoms with van der Waals surface area (Å²) in [4.78, 5) is 16.3. The highest BCUT2D eigenvalue weighted by atomic mass is 16.2. The third-order valence-electron chi connectivity index (χ3n) is 4.15. The highest BCUT2D eigenvalue weighted by molar-refractivity contribution is 5.93. The number of para-hydroxylation sites is 1. The number of fused-ring (bicyclic) bond motifs is 1. The van der Waals surface area contributed by atoms with Gasteiger partial charge in [-0.1, -0.05) is 25.1 Å². The molecule has 1 aliphatic rings. The van der Waals surface area contributed by atoms with Gasteiger partial charge < -0.3 is 10.2 Å². The molecule has 0 bridgehead atoms. The number of urea groups is 1. The van der Waals surface area contributed by atoms with E-state index in [1.54, 1.807) is 4.90 Å². The topological polar surface area (TPSA) is 35.6 Å². The molecular weight excluding hydrogens is 262 g/mol. The lowest BCUT2D eigenvalue weighted by Gasteiger charge is -2.28. The molecule has 1 atom stereocenters. The Labute approximate surface area is 128 Å². The van der Waals surface area contributed by atoms with Crippen molar-refractivity contribution in [3.05, 3.63) is 29.8 Å². The summed E-state index contributed by atoms with van der Waals surface area (Å²) in [5.41, 5.74) is 2.32. The number of hydrogen-bond donors (Lipinski definition) is 1. The first kappa shape index (κ1) is 15.8. The van der Waals surface area contributed by atoms with Gasteiger partial charge in [-0.05, 0) is 44.4 Å². The van der Waals surface area contributed by atoms with Gasteiger partial charge in [-0.2, -0.15) is 0 Å². The van der Waals surface area contributed by atoms with Crippen LogP contribution in [-0.2, 0) is 0 Å². The molecule has 0 saturated carbocycles. The molecule has 0 aliphatic carbocycles. The first-order valence-corrected chi connectivity index (χ1v) is 8.04. The molecule has 0 fully saturated rings. The zero-order valence-electron chi connectivity index (χ0n) is 13.4. The normalized spacial score (nSPS) is 18.0. The van der Waals surface area contributed by atoms with Gasteiger partial charge in [0.1, 0.15) is 0 Å². The van der Waals surface area contributed by atoms with Crippen LogP contribution < -0.4 is 10.2 Å². The van der Waals surface area contributed by atoms with Crippen LogP contribution in [0.1, 0.15) is 44.7 Å². The van der Waals surface area contributed by atoms with Crippen molar-refractivity contribution in [3.8, 4) is 0 Å². The van der Waals surface area contributed by atoms with Gasteiger partial charge in [0.15, 0.2) is 0 Å². The minimum absolute atomic E-state index is 0.0982. The van der Waals surface area contributed by atoms with Crippen molar-refractivity contribution in [2.75, 3.05) is 31.6 Å². The lowest BCUT2D eigenvalue weighted by Crippen LogP contribution is -2.41. The average Bonchev–Trinajstić information content (AvgIpc) is 2.71. The summed E-state index contributed by atoms with van der Waals surface area (Å²) >= 11 is 0. The molecule has 2 amide bonds. The van der Waals surface area contributed by atoms with Crippen LogP contribution in [0.3, 0.4) is 0 Å². The Morgan fingerprint density at radius 2 is 2.14 bits per heavy atom. The molecule has 0 saturated heterocycles. The van der Waals surface area contributed by atoms with E-state index in [0.29, 0.717) is 6.04 Å².